The molecule has 2 heterocycles. The summed E-state index contributed by atoms with van der Waals surface area (Å²) in [5.74, 6) is 0.544. The average molecular weight is 176 g/mol. The Hall–Kier alpha value is -1.71. The minimum atomic E-state index is 0.544. The van der Waals surface area contributed by atoms with Crippen LogP contribution in [0.1, 0.15) is 5.69 Å². The van der Waals surface area contributed by atoms with Crippen LogP contribution in [0.4, 0.5) is 5.95 Å². The SMILES string of the molecule is Cc1nc(N)n(C)c1-c1ccc[nH]1. The summed E-state index contributed by atoms with van der Waals surface area (Å²) in [6.45, 7) is 1.95. The van der Waals surface area contributed by atoms with Gasteiger partial charge in [-0.1, -0.05) is 0 Å². The smallest absolute Gasteiger partial charge is 0.200 e. The van der Waals surface area contributed by atoms with Gasteiger partial charge in [0.1, 0.15) is 0 Å². The first kappa shape index (κ1) is 7.91. The molecular weight excluding hydrogens is 164 g/mol. The van der Waals surface area contributed by atoms with Crippen molar-refractivity contribution in [2.75, 3.05) is 5.73 Å². The number of rotatable bonds is 1. The number of aryl methyl sites for hydroxylation is 1. The number of nitrogens with two attached hydrogens (primary N) is 1. The first-order valence-electron chi connectivity index (χ1n) is 4.12. The number of nitrogens with one attached hydrogen (secondary N) is 1. The average Bonchev–Trinajstić information content (AvgIpc) is 2.63. The van der Waals surface area contributed by atoms with E-state index in [0.29, 0.717) is 5.95 Å². The third kappa shape index (κ3) is 1.11. The first-order chi connectivity index (χ1) is 6.20. The van der Waals surface area contributed by atoms with E-state index < -0.39 is 0 Å². The van der Waals surface area contributed by atoms with Crippen molar-refractivity contribution in [2.45, 2.75) is 6.92 Å². The number of H-pyrrole nitrogens is 1. The van der Waals surface area contributed by atoms with Gasteiger partial charge in [0, 0.05) is 13.2 Å². The van der Waals surface area contributed by atoms with E-state index in [4.69, 9.17) is 5.73 Å². The first-order valence-corrected chi connectivity index (χ1v) is 4.12. The van der Waals surface area contributed by atoms with Crippen LogP contribution in [0.3, 0.4) is 0 Å². The number of anilines is 1. The fraction of sp³-hybridized carbons (Fsp3) is 0.222. The number of nitrogens with zero attached hydrogens (tertiary/aromatic N) is 2. The Bertz CT molecular complexity index is 411. The van der Waals surface area contributed by atoms with Crippen molar-refractivity contribution in [1.82, 2.24) is 14.5 Å². The molecule has 0 aliphatic rings. The van der Waals surface area contributed by atoms with Gasteiger partial charge in [-0.15, -0.1) is 0 Å². The Balaban J connectivity index is 2.64. The summed E-state index contributed by atoms with van der Waals surface area (Å²) >= 11 is 0. The van der Waals surface area contributed by atoms with Crippen LogP contribution in [-0.4, -0.2) is 14.5 Å². The Labute approximate surface area is 76.4 Å². The lowest BCUT2D eigenvalue weighted by molar-refractivity contribution is 0.933. The molecule has 4 nitrogen and oxygen atoms in total. The number of hydrogen-bond donors (Lipinski definition) is 2. The van der Waals surface area contributed by atoms with Crippen molar-refractivity contribution in [1.29, 1.82) is 0 Å². The monoisotopic (exact) mass is 176 g/mol. The molecule has 3 N–H and O–H groups in total. The Morgan fingerprint density at radius 1 is 1.54 bits per heavy atom. The van der Waals surface area contributed by atoms with Crippen LogP contribution in [0.15, 0.2) is 18.3 Å². The number of nitrogen functional groups attached to an aromatic ring is 1. The summed E-state index contributed by atoms with van der Waals surface area (Å²) in [5, 5.41) is 0. The van der Waals surface area contributed by atoms with E-state index in [1.807, 2.05) is 36.9 Å². The molecule has 13 heavy (non-hydrogen) atoms. The maximum Gasteiger partial charge on any atom is 0.200 e. The highest BCUT2D eigenvalue weighted by atomic mass is 15.1. The van der Waals surface area contributed by atoms with E-state index in [0.717, 1.165) is 17.1 Å². The summed E-state index contributed by atoms with van der Waals surface area (Å²) in [7, 11) is 1.91. The molecule has 0 unspecified atom stereocenters. The highest BCUT2D eigenvalue weighted by Gasteiger charge is 2.10. The lowest BCUT2D eigenvalue weighted by Crippen LogP contribution is -1.98. The van der Waals surface area contributed by atoms with Crippen molar-refractivity contribution in [3.63, 3.8) is 0 Å². The van der Waals surface area contributed by atoms with E-state index in [1.54, 1.807) is 0 Å². The largest absolute Gasteiger partial charge is 0.369 e. The number of aromatic amines is 1. The lowest BCUT2D eigenvalue weighted by Gasteiger charge is -2.01. The topological polar surface area (TPSA) is 59.6 Å². The van der Waals surface area contributed by atoms with E-state index in [9.17, 15) is 0 Å². The van der Waals surface area contributed by atoms with Gasteiger partial charge in [-0.05, 0) is 19.1 Å². The van der Waals surface area contributed by atoms with E-state index >= 15 is 0 Å². The van der Waals surface area contributed by atoms with Gasteiger partial charge in [-0.3, -0.25) is 0 Å². The Morgan fingerprint density at radius 2 is 2.31 bits per heavy atom. The molecule has 2 rings (SSSR count). The fourth-order valence-corrected chi connectivity index (χ4v) is 1.51. The zero-order chi connectivity index (χ0) is 9.42. The van der Waals surface area contributed by atoms with Crippen LogP contribution < -0.4 is 5.73 Å². The van der Waals surface area contributed by atoms with Crippen LogP contribution in [0, 0.1) is 6.92 Å². The maximum atomic E-state index is 5.69. The minimum Gasteiger partial charge on any atom is -0.369 e. The van der Waals surface area contributed by atoms with E-state index in [2.05, 4.69) is 9.97 Å². The number of imidazole rings is 1. The molecule has 0 radical (unpaired) electrons. The van der Waals surface area contributed by atoms with Crippen molar-refractivity contribution in [3.8, 4) is 11.4 Å². The Kier molecular flexibility index (Phi) is 1.62. The second-order valence-electron chi connectivity index (χ2n) is 3.05. The molecule has 0 aliphatic carbocycles. The van der Waals surface area contributed by atoms with Crippen LogP contribution >= 0.6 is 0 Å². The second kappa shape index (κ2) is 2.65. The predicted octanol–water partition coefficient (Wildman–Crippen LogP) is 1.31. The second-order valence-corrected chi connectivity index (χ2v) is 3.05. The van der Waals surface area contributed by atoms with Gasteiger partial charge >= 0.3 is 0 Å². The summed E-state index contributed by atoms with van der Waals surface area (Å²) in [5.41, 5.74) is 8.72. The quantitative estimate of drug-likeness (QED) is 0.688. The van der Waals surface area contributed by atoms with Crippen LogP contribution in [0.5, 0.6) is 0 Å². The van der Waals surface area contributed by atoms with Crippen molar-refractivity contribution in [3.05, 3.63) is 24.0 Å². The van der Waals surface area contributed by atoms with Crippen molar-refractivity contribution < 1.29 is 0 Å². The van der Waals surface area contributed by atoms with Crippen LogP contribution in [0.25, 0.3) is 11.4 Å². The van der Waals surface area contributed by atoms with Gasteiger partial charge in [0.2, 0.25) is 5.95 Å². The van der Waals surface area contributed by atoms with Crippen LogP contribution in [0.2, 0.25) is 0 Å². The molecule has 2 aromatic heterocycles. The molecule has 2 aromatic rings. The van der Waals surface area contributed by atoms with Crippen molar-refractivity contribution in [2.24, 2.45) is 7.05 Å². The van der Waals surface area contributed by atoms with Gasteiger partial charge in [-0.25, -0.2) is 4.98 Å². The molecule has 0 saturated carbocycles. The molecule has 0 amide bonds. The highest BCUT2D eigenvalue weighted by molar-refractivity contribution is 5.60. The van der Waals surface area contributed by atoms with Gasteiger partial charge in [0.25, 0.3) is 0 Å². The van der Waals surface area contributed by atoms with Gasteiger partial charge in [-0.2, -0.15) is 0 Å². The molecule has 0 spiro atoms. The van der Waals surface area contributed by atoms with E-state index in [1.165, 1.54) is 0 Å². The highest BCUT2D eigenvalue weighted by Crippen LogP contribution is 2.22. The molecule has 0 fully saturated rings. The molecule has 0 atom stereocenters. The summed E-state index contributed by atoms with van der Waals surface area (Å²) < 4.78 is 1.88. The molecular formula is C9H12N4. The fourth-order valence-electron chi connectivity index (χ4n) is 1.51. The number of aromatic nitrogens is 3. The lowest BCUT2D eigenvalue weighted by atomic mass is 10.2. The molecule has 68 valence electrons. The zero-order valence-corrected chi connectivity index (χ0v) is 7.70. The van der Waals surface area contributed by atoms with Gasteiger partial charge < -0.3 is 15.3 Å². The Morgan fingerprint density at radius 3 is 2.77 bits per heavy atom. The summed E-state index contributed by atoms with van der Waals surface area (Å²) in [4.78, 5) is 7.32. The summed E-state index contributed by atoms with van der Waals surface area (Å²) in [6, 6.07) is 3.96. The number of hydrogen-bond acceptors (Lipinski definition) is 2. The van der Waals surface area contributed by atoms with E-state index in [-0.39, 0.29) is 0 Å². The molecule has 0 bridgehead atoms. The van der Waals surface area contributed by atoms with Crippen LogP contribution in [-0.2, 0) is 7.05 Å². The summed E-state index contributed by atoms with van der Waals surface area (Å²) in [6.07, 6.45) is 1.89. The maximum absolute atomic E-state index is 5.69. The molecule has 0 saturated heterocycles. The predicted molar refractivity (Wildman–Crippen MR) is 52.1 cm³/mol. The zero-order valence-electron chi connectivity index (χ0n) is 7.70. The minimum absolute atomic E-state index is 0.544. The third-order valence-corrected chi connectivity index (χ3v) is 2.16. The third-order valence-electron chi connectivity index (χ3n) is 2.16. The standard InChI is InChI=1S/C9H12N4/c1-6-8(7-4-3-5-11-7)13(2)9(10)12-6/h3-5,11H,1-2H3,(H2,10,12). The van der Waals surface area contributed by atoms with Crippen molar-refractivity contribution >= 4 is 5.95 Å². The normalized spacial score (nSPS) is 10.6. The molecule has 0 aromatic carbocycles. The molecule has 4 heteroatoms. The molecule has 0 aliphatic heterocycles. The van der Waals surface area contributed by atoms with Gasteiger partial charge in [0.15, 0.2) is 0 Å². The van der Waals surface area contributed by atoms with Gasteiger partial charge in [0.05, 0.1) is 17.1 Å².